The number of imidazole rings is 1. The predicted molar refractivity (Wildman–Crippen MR) is 56.1 cm³/mol. The number of rotatable bonds is 5. The number of ether oxygens (including phenoxy) is 1. The third kappa shape index (κ3) is 2.82. The first-order valence-electron chi connectivity index (χ1n) is 4.88. The lowest BCUT2D eigenvalue weighted by molar-refractivity contribution is 0.114. The van der Waals surface area contributed by atoms with Gasteiger partial charge in [-0.2, -0.15) is 0 Å². The van der Waals surface area contributed by atoms with E-state index in [1.54, 1.807) is 7.11 Å². The molecule has 80 valence electrons. The number of methoxy groups -OCH3 is 1. The molecule has 1 heterocycles. The summed E-state index contributed by atoms with van der Waals surface area (Å²) >= 11 is 0. The van der Waals surface area contributed by atoms with Gasteiger partial charge in [0.25, 0.3) is 0 Å². The molecule has 0 aromatic carbocycles. The van der Waals surface area contributed by atoms with Crippen molar-refractivity contribution in [1.29, 1.82) is 0 Å². The van der Waals surface area contributed by atoms with Crippen molar-refractivity contribution in [3.63, 3.8) is 0 Å². The van der Waals surface area contributed by atoms with Crippen LogP contribution < -0.4 is 5.32 Å². The van der Waals surface area contributed by atoms with Crippen LogP contribution in [0.5, 0.6) is 0 Å². The van der Waals surface area contributed by atoms with E-state index in [4.69, 9.17) is 4.74 Å². The predicted octanol–water partition coefficient (Wildman–Crippen LogP) is 1.11. The average Bonchev–Trinajstić information content (AvgIpc) is 2.60. The van der Waals surface area contributed by atoms with Gasteiger partial charge < -0.3 is 14.6 Å². The van der Waals surface area contributed by atoms with Crippen LogP contribution in [0.25, 0.3) is 0 Å². The maximum absolute atomic E-state index is 5.16. The lowest BCUT2D eigenvalue weighted by Crippen LogP contribution is -2.29. The van der Waals surface area contributed by atoms with Gasteiger partial charge in [0.05, 0.1) is 12.1 Å². The standard InChI is InChI=1S/C10H19N3O/c1-8(14-4)7-12-9(2)10-11-5-6-13(10)3/h5-6,8-9,12H,7H2,1-4H3. The van der Waals surface area contributed by atoms with E-state index in [1.165, 1.54) is 0 Å². The van der Waals surface area contributed by atoms with E-state index >= 15 is 0 Å². The largest absolute Gasteiger partial charge is 0.380 e. The third-order valence-electron chi connectivity index (χ3n) is 2.36. The molecule has 1 aromatic rings. The molecule has 0 aliphatic heterocycles. The van der Waals surface area contributed by atoms with E-state index in [0.29, 0.717) is 0 Å². The van der Waals surface area contributed by atoms with Crippen LogP contribution >= 0.6 is 0 Å². The van der Waals surface area contributed by atoms with Crippen molar-refractivity contribution in [2.75, 3.05) is 13.7 Å². The summed E-state index contributed by atoms with van der Waals surface area (Å²) in [6.45, 7) is 4.98. The normalized spacial score (nSPS) is 15.4. The summed E-state index contributed by atoms with van der Waals surface area (Å²) in [4.78, 5) is 4.28. The molecule has 1 aromatic heterocycles. The summed E-state index contributed by atoms with van der Waals surface area (Å²) in [5.74, 6) is 1.05. The number of hydrogen-bond acceptors (Lipinski definition) is 3. The maximum atomic E-state index is 5.16. The van der Waals surface area contributed by atoms with E-state index < -0.39 is 0 Å². The Kier molecular flexibility index (Phi) is 4.10. The van der Waals surface area contributed by atoms with Gasteiger partial charge in [-0.05, 0) is 13.8 Å². The number of nitrogens with one attached hydrogen (secondary N) is 1. The van der Waals surface area contributed by atoms with Crippen LogP contribution in [0.2, 0.25) is 0 Å². The number of aromatic nitrogens is 2. The first kappa shape index (κ1) is 11.2. The Hall–Kier alpha value is -0.870. The van der Waals surface area contributed by atoms with E-state index in [1.807, 2.05) is 30.9 Å². The Labute approximate surface area is 85.3 Å². The van der Waals surface area contributed by atoms with Crippen LogP contribution in [0.4, 0.5) is 0 Å². The summed E-state index contributed by atoms with van der Waals surface area (Å²) in [7, 11) is 3.72. The van der Waals surface area contributed by atoms with Crippen LogP contribution in [0.3, 0.4) is 0 Å². The van der Waals surface area contributed by atoms with Crippen LogP contribution in [0, 0.1) is 0 Å². The molecule has 0 fully saturated rings. The quantitative estimate of drug-likeness (QED) is 0.768. The van der Waals surface area contributed by atoms with Gasteiger partial charge in [0.2, 0.25) is 0 Å². The summed E-state index contributed by atoms with van der Waals surface area (Å²) in [6.07, 6.45) is 4.00. The Morgan fingerprint density at radius 2 is 2.29 bits per heavy atom. The minimum Gasteiger partial charge on any atom is -0.380 e. The zero-order valence-corrected chi connectivity index (χ0v) is 9.32. The number of aryl methyl sites for hydroxylation is 1. The highest BCUT2D eigenvalue weighted by molar-refractivity contribution is 4.96. The van der Waals surface area contributed by atoms with Crippen LogP contribution in [0.1, 0.15) is 25.7 Å². The summed E-state index contributed by atoms with van der Waals surface area (Å²) in [6, 6.07) is 0.257. The number of hydrogen-bond donors (Lipinski definition) is 1. The average molecular weight is 197 g/mol. The lowest BCUT2D eigenvalue weighted by Gasteiger charge is -2.16. The fourth-order valence-electron chi connectivity index (χ4n) is 1.31. The molecule has 0 saturated heterocycles. The molecule has 0 aliphatic rings. The highest BCUT2D eigenvalue weighted by atomic mass is 16.5. The molecule has 2 atom stereocenters. The molecule has 0 bridgehead atoms. The van der Waals surface area contributed by atoms with Crippen molar-refractivity contribution in [2.24, 2.45) is 7.05 Å². The van der Waals surface area contributed by atoms with Crippen molar-refractivity contribution in [1.82, 2.24) is 14.9 Å². The molecule has 0 spiro atoms. The summed E-state index contributed by atoms with van der Waals surface area (Å²) < 4.78 is 7.18. The Morgan fingerprint density at radius 1 is 1.57 bits per heavy atom. The smallest absolute Gasteiger partial charge is 0.125 e. The second kappa shape index (κ2) is 5.12. The molecule has 0 amide bonds. The molecule has 1 N–H and O–H groups in total. The summed E-state index contributed by atoms with van der Waals surface area (Å²) in [5.41, 5.74) is 0. The van der Waals surface area contributed by atoms with Crippen LogP contribution in [-0.4, -0.2) is 29.3 Å². The fraction of sp³-hybridized carbons (Fsp3) is 0.700. The Morgan fingerprint density at radius 3 is 2.79 bits per heavy atom. The van der Waals surface area contributed by atoms with E-state index in [2.05, 4.69) is 17.2 Å². The topological polar surface area (TPSA) is 39.1 Å². The second-order valence-electron chi connectivity index (χ2n) is 3.57. The van der Waals surface area contributed by atoms with Crippen molar-refractivity contribution in [3.05, 3.63) is 18.2 Å². The van der Waals surface area contributed by atoms with Crippen molar-refractivity contribution >= 4 is 0 Å². The van der Waals surface area contributed by atoms with E-state index in [-0.39, 0.29) is 12.1 Å². The Balaban J connectivity index is 2.43. The molecule has 0 radical (unpaired) electrons. The van der Waals surface area contributed by atoms with Crippen LogP contribution in [0.15, 0.2) is 12.4 Å². The van der Waals surface area contributed by atoms with Crippen molar-refractivity contribution in [3.8, 4) is 0 Å². The van der Waals surface area contributed by atoms with Crippen LogP contribution in [-0.2, 0) is 11.8 Å². The molecule has 14 heavy (non-hydrogen) atoms. The first-order valence-corrected chi connectivity index (χ1v) is 4.88. The van der Waals surface area contributed by atoms with Gasteiger partial charge in [0, 0.05) is 33.1 Å². The van der Waals surface area contributed by atoms with Gasteiger partial charge in [-0.15, -0.1) is 0 Å². The minimum atomic E-state index is 0.234. The molecule has 2 unspecified atom stereocenters. The van der Waals surface area contributed by atoms with Gasteiger partial charge in [-0.1, -0.05) is 0 Å². The lowest BCUT2D eigenvalue weighted by atomic mass is 10.3. The molecular weight excluding hydrogens is 178 g/mol. The van der Waals surface area contributed by atoms with Crippen molar-refractivity contribution in [2.45, 2.75) is 26.0 Å². The highest BCUT2D eigenvalue weighted by Gasteiger charge is 2.10. The minimum absolute atomic E-state index is 0.234. The third-order valence-corrected chi connectivity index (χ3v) is 2.36. The zero-order chi connectivity index (χ0) is 10.6. The highest BCUT2D eigenvalue weighted by Crippen LogP contribution is 2.07. The van der Waals surface area contributed by atoms with Gasteiger partial charge in [0.1, 0.15) is 5.82 Å². The molecule has 4 nitrogen and oxygen atoms in total. The fourth-order valence-corrected chi connectivity index (χ4v) is 1.31. The summed E-state index contributed by atoms with van der Waals surface area (Å²) in [5, 5.41) is 3.37. The zero-order valence-electron chi connectivity index (χ0n) is 9.32. The maximum Gasteiger partial charge on any atom is 0.125 e. The molecule has 0 saturated carbocycles. The van der Waals surface area contributed by atoms with Gasteiger partial charge in [0.15, 0.2) is 0 Å². The monoisotopic (exact) mass is 197 g/mol. The van der Waals surface area contributed by atoms with E-state index in [9.17, 15) is 0 Å². The Bertz CT molecular complexity index is 272. The van der Waals surface area contributed by atoms with Gasteiger partial charge >= 0.3 is 0 Å². The van der Waals surface area contributed by atoms with E-state index in [0.717, 1.165) is 12.4 Å². The van der Waals surface area contributed by atoms with Gasteiger partial charge in [-0.25, -0.2) is 4.98 Å². The molecular formula is C10H19N3O. The van der Waals surface area contributed by atoms with Gasteiger partial charge in [-0.3, -0.25) is 0 Å². The molecule has 0 aliphatic carbocycles. The number of nitrogens with zero attached hydrogens (tertiary/aromatic N) is 2. The molecule has 1 rings (SSSR count). The van der Waals surface area contributed by atoms with Crippen molar-refractivity contribution < 1.29 is 4.74 Å². The first-order chi connectivity index (χ1) is 6.65. The second-order valence-corrected chi connectivity index (χ2v) is 3.57. The SMILES string of the molecule is COC(C)CNC(C)c1nccn1C. The molecule has 4 heteroatoms.